The zero-order chi connectivity index (χ0) is 18.8. The SMILES string of the molecule is O=C(CC(Nc1ccc(F)cc1)C(F)(F)C(F)(F)F)N1CCOC1=O. The number of cyclic esters (lactones) is 1. The molecule has 2 amide bonds. The molecule has 1 fully saturated rings. The number of hydrogen-bond acceptors (Lipinski definition) is 4. The number of rotatable bonds is 5. The molecular formula is C14H12F6N2O3. The van der Waals surface area contributed by atoms with Crippen LogP contribution in [0.1, 0.15) is 6.42 Å². The standard InChI is InChI=1S/C14H12F6N2O3/c15-8-1-3-9(4-2-8)21-10(13(16,17)14(18,19)20)7-11(23)22-5-6-25-12(22)24/h1-4,10,21H,5-7H2. The first-order valence-electron chi connectivity index (χ1n) is 6.96. The molecule has 25 heavy (non-hydrogen) atoms. The number of hydrogen-bond donors (Lipinski definition) is 1. The molecule has 138 valence electrons. The van der Waals surface area contributed by atoms with Gasteiger partial charge in [0.1, 0.15) is 18.5 Å². The van der Waals surface area contributed by atoms with Crippen molar-refractivity contribution in [3.05, 3.63) is 30.1 Å². The summed E-state index contributed by atoms with van der Waals surface area (Å²) in [4.78, 5) is 23.6. The molecule has 0 spiro atoms. The van der Waals surface area contributed by atoms with Crippen molar-refractivity contribution >= 4 is 17.7 Å². The van der Waals surface area contributed by atoms with Crippen LogP contribution in [0.2, 0.25) is 0 Å². The maximum atomic E-state index is 13.8. The van der Waals surface area contributed by atoms with Crippen molar-refractivity contribution in [1.82, 2.24) is 4.90 Å². The number of carbonyl (C=O) groups is 2. The number of benzene rings is 1. The quantitative estimate of drug-likeness (QED) is 0.809. The Hall–Kier alpha value is -2.46. The van der Waals surface area contributed by atoms with Crippen LogP contribution in [-0.2, 0) is 9.53 Å². The zero-order valence-corrected chi connectivity index (χ0v) is 12.4. The molecule has 2 rings (SSSR count). The van der Waals surface area contributed by atoms with Gasteiger partial charge in [-0.3, -0.25) is 4.79 Å². The summed E-state index contributed by atoms with van der Waals surface area (Å²) < 4.78 is 82.9. The number of ether oxygens (including phenoxy) is 1. The molecule has 0 bridgehead atoms. The van der Waals surface area contributed by atoms with Crippen molar-refractivity contribution in [3.63, 3.8) is 0 Å². The lowest BCUT2D eigenvalue weighted by molar-refractivity contribution is -0.287. The average Bonchev–Trinajstić information content (AvgIpc) is 2.93. The van der Waals surface area contributed by atoms with Gasteiger partial charge in [0.15, 0.2) is 0 Å². The van der Waals surface area contributed by atoms with Crippen LogP contribution in [-0.4, -0.2) is 48.2 Å². The Morgan fingerprint density at radius 3 is 2.28 bits per heavy atom. The van der Waals surface area contributed by atoms with E-state index < -0.39 is 42.4 Å². The van der Waals surface area contributed by atoms with E-state index in [2.05, 4.69) is 4.74 Å². The first kappa shape index (κ1) is 18.9. The lowest BCUT2D eigenvalue weighted by Gasteiger charge is -2.30. The highest BCUT2D eigenvalue weighted by molar-refractivity contribution is 5.93. The molecule has 0 radical (unpaired) electrons. The van der Waals surface area contributed by atoms with E-state index in [0.717, 1.165) is 24.3 Å². The van der Waals surface area contributed by atoms with Gasteiger partial charge in [-0.2, -0.15) is 22.0 Å². The minimum absolute atomic E-state index is 0.170. The number of imide groups is 1. The number of carbonyl (C=O) groups excluding carboxylic acids is 2. The largest absolute Gasteiger partial charge is 0.455 e. The smallest absolute Gasteiger partial charge is 0.447 e. The van der Waals surface area contributed by atoms with Gasteiger partial charge in [-0.25, -0.2) is 14.1 Å². The second-order valence-corrected chi connectivity index (χ2v) is 5.19. The highest BCUT2D eigenvalue weighted by atomic mass is 19.4. The van der Waals surface area contributed by atoms with Crippen molar-refractivity contribution < 1.29 is 40.7 Å². The van der Waals surface area contributed by atoms with Crippen LogP contribution in [0, 0.1) is 5.82 Å². The molecular weight excluding hydrogens is 358 g/mol. The van der Waals surface area contributed by atoms with Gasteiger partial charge in [-0.15, -0.1) is 0 Å². The molecule has 1 aliphatic heterocycles. The van der Waals surface area contributed by atoms with Crippen LogP contribution in [0.4, 0.5) is 36.8 Å². The summed E-state index contributed by atoms with van der Waals surface area (Å²) in [5.74, 6) is -7.24. The maximum Gasteiger partial charge on any atom is 0.455 e. The number of amides is 2. The molecule has 5 nitrogen and oxygen atoms in total. The fourth-order valence-corrected chi connectivity index (χ4v) is 2.12. The van der Waals surface area contributed by atoms with Crippen molar-refractivity contribution in [3.8, 4) is 0 Å². The van der Waals surface area contributed by atoms with E-state index in [4.69, 9.17) is 0 Å². The van der Waals surface area contributed by atoms with Gasteiger partial charge in [0.25, 0.3) is 0 Å². The number of halogens is 6. The Morgan fingerprint density at radius 2 is 1.80 bits per heavy atom. The molecule has 1 aliphatic rings. The maximum absolute atomic E-state index is 13.8. The molecule has 1 aromatic carbocycles. The Labute approximate surface area is 137 Å². The number of alkyl halides is 5. The van der Waals surface area contributed by atoms with Crippen molar-refractivity contribution in [2.24, 2.45) is 0 Å². The minimum Gasteiger partial charge on any atom is -0.447 e. The number of anilines is 1. The predicted molar refractivity (Wildman–Crippen MR) is 72.5 cm³/mol. The summed E-state index contributed by atoms with van der Waals surface area (Å²) in [5, 5.41) is 1.89. The van der Waals surface area contributed by atoms with Crippen LogP contribution in [0.3, 0.4) is 0 Å². The van der Waals surface area contributed by atoms with Gasteiger partial charge in [0.05, 0.1) is 13.0 Å². The van der Waals surface area contributed by atoms with Crippen molar-refractivity contribution in [1.29, 1.82) is 0 Å². The summed E-state index contributed by atoms with van der Waals surface area (Å²) in [6, 6.07) is 0.904. The van der Waals surface area contributed by atoms with Crippen LogP contribution < -0.4 is 5.32 Å². The molecule has 0 aromatic heterocycles. The normalized spacial score (nSPS) is 16.6. The monoisotopic (exact) mass is 370 g/mol. The van der Waals surface area contributed by atoms with E-state index in [1.165, 1.54) is 0 Å². The Bertz CT molecular complexity index is 647. The fraction of sp³-hybridized carbons (Fsp3) is 0.429. The van der Waals surface area contributed by atoms with Gasteiger partial charge < -0.3 is 10.1 Å². The Kier molecular flexibility index (Phi) is 5.14. The number of nitrogens with one attached hydrogen (secondary N) is 1. The first-order valence-corrected chi connectivity index (χ1v) is 6.96. The van der Waals surface area contributed by atoms with Gasteiger partial charge in [0, 0.05) is 5.69 Å². The summed E-state index contributed by atoms with van der Waals surface area (Å²) in [6.07, 6.45) is -8.36. The predicted octanol–water partition coefficient (Wildman–Crippen LogP) is 3.17. The summed E-state index contributed by atoms with van der Waals surface area (Å²) in [7, 11) is 0. The Morgan fingerprint density at radius 1 is 1.20 bits per heavy atom. The lowest BCUT2D eigenvalue weighted by atomic mass is 10.0. The summed E-state index contributed by atoms with van der Waals surface area (Å²) >= 11 is 0. The lowest BCUT2D eigenvalue weighted by Crippen LogP contribution is -2.52. The van der Waals surface area contributed by atoms with Crippen LogP contribution in [0.15, 0.2) is 24.3 Å². The second kappa shape index (κ2) is 6.81. The second-order valence-electron chi connectivity index (χ2n) is 5.19. The van der Waals surface area contributed by atoms with Crippen molar-refractivity contribution in [2.45, 2.75) is 24.6 Å². The minimum atomic E-state index is -5.93. The van der Waals surface area contributed by atoms with E-state index in [1.807, 2.05) is 5.32 Å². The zero-order valence-electron chi connectivity index (χ0n) is 12.4. The molecule has 0 saturated carbocycles. The third kappa shape index (κ3) is 4.15. The van der Waals surface area contributed by atoms with E-state index >= 15 is 0 Å². The third-order valence-electron chi connectivity index (χ3n) is 3.44. The number of nitrogens with zero attached hydrogens (tertiary/aromatic N) is 1. The molecule has 1 unspecified atom stereocenters. The van der Waals surface area contributed by atoms with Gasteiger partial charge in [0.2, 0.25) is 5.91 Å². The molecule has 1 atom stereocenters. The summed E-state index contributed by atoms with van der Waals surface area (Å²) in [5.41, 5.74) is -0.243. The molecule has 1 saturated heterocycles. The molecule has 0 aliphatic carbocycles. The van der Waals surface area contributed by atoms with Crippen molar-refractivity contribution in [2.75, 3.05) is 18.5 Å². The highest BCUT2D eigenvalue weighted by Gasteiger charge is 2.63. The van der Waals surface area contributed by atoms with Crippen LogP contribution in [0.25, 0.3) is 0 Å². The van der Waals surface area contributed by atoms with Crippen LogP contribution >= 0.6 is 0 Å². The molecule has 1 N–H and O–H groups in total. The van der Waals surface area contributed by atoms with E-state index in [1.54, 1.807) is 0 Å². The fourth-order valence-electron chi connectivity index (χ4n) is 2.12. The molecule has 1 aromatic rings. The summed E-state index contributed by atoms with van der Waals surface area (Å²) in [6.45, 7) is -0.408. The van der Waals surface area contributed by atoms with E-state index in [-0.39, 0.29) is 18.8 Å². The topological polar surface area (TPSA) is 58.6 Å². The highest BCUT2D eigenvalue weighted by Crippen LogP contribution is 2.40. The molecule has 11 heteroatoms. The van der Waals surface area contributed by atoms with E-state index in [9.17, 15) is 35.9 Å². The molecule has 1 heterocycles. The van der Waals surface area contributed by atoms with Gasteiger partial charge in [-0.1, -0.05) is 0 Å². The van der Waals surface area contributed by atoms with E-state index in [0.29, 0.717) is 4.90 Å². The van der Waals surface area contributed by atoms with Crippen LogP contribution in [0.5, 0.6) is 0 Å². The van der Waals surface area contributed by atoms with Gasteiger partial charge in [-0.05, 0) is 24.3 Å². The van der Waals surface area contributed by atoms with Gasteiger partial charge >= 0.3 is 18.2 Å². The third-order valence-corrected chi connectivity index (χ3v) is 3.44. The Balaban J connectivity index is 2.23. The first-order chi connectivity index (χ1) is 11.5. The average molecular weight is 370 g/mol.